The summed E-state index contributed by atoms with van der Waals surface area (Å²) >= 11 is 2.81. The van der Waals surface area contributed by atoms with Gasteiger partial charge in [-0.25, -0.2) is 4.79 Å². The number of anilines is 1. The van der Waals surface area contributed by atoms with Gasteiger partial charge in [0, 0.05) is 23.3 Å². The lowest BCUT2D eigenvalue weighted by atomic mass is 10.3. The van der Waals surface area contributed by atoms with Crippen LogP contribution in [0.2, 0.25) is 0 Å². The van der Waals surface area contributed by atoms with Crippen LogP contribution in [0.25, 0.3) is 0 Å². The van der Waals surface area contributed by atoms with E-state index in [1.165, 1.54) is 18.3 Å². The summed E-state index contributed by atoms with van der Waals surface area (Å²) in [5.74, 6) is -0.365. The lowest BCUT2D eigenvalue weighted by molar-refractivity contribution is -0.114. The molecule has 0 saturated carbocycles. The molecule has 0 saturated heterocycles. The van der Waals surface area contributed by atoms with E-state index in [1.54, 1.807) is 17.1 Å². The zero-order valence-electron chi connectivity index (χ0n) is 10.8. The van der Waals surface area contributed by atoms with Crippen LogP contribution in [0, 0.1) is 0 Å². The third-order valence-corrected chi connectivity index (χ3v) is 4.52. The largest absolute Gasteiger partial charge is 0.477 e. The van der Waals surface area contributed by atoms with E-state index in [-0.39, 0.29) is 5.91 Å². The molecule has 1 amide bonds. The van der Waals surface area contributed by atoms with E-state index in [1.807, 2.05) is 30.3 Å². The van der Waals surface area contributed by atoms with Crippen LogP contribution in [0.1, 0.15) is 22.2 Å². The number of carbonyl (C=O) groups excluding carboxylic acids is 1. The Morgan fingerprint density at radius 2 is 1.95 bits per heavy atom. The molecule has 0 bridgehead atoms. The fourth-order valence-corrected chi connectivity index (χ4v) is 3.38. The first-order chi connectivity index (χ1) is 9.56. The topological polar surface area (TPSA) is 66.4 Å². The van der Waals surface area contributed by atoms with Crippen LogP contribution < -0.4 is 5.32 Å². The van der Waals surface area contributed by atoms with Crippen molar-refractivity contribution in [2.45, 2.75) is 17.6 Å². The summed E-state index contributed by atoms with van der Waals surface area (Å²) in [6, 6.07) is 9.31. The second kappa shape index (κ2) is 6.58. The molecule has 0 unspecified atom stereocenters. The SMILES string of the molecule is CC(=O)Nc1ccc(SCc2ccsc2C(=O)O)cc1. The highest BCUT2D eigenvalue weighted by molar-refractivity contribution is 7.98. The Hall–Kier alpha value is -1.79. The van der Waals surface area contributed by atoms with Gasteiger partial charge in [0.05, 0.1) is 0 Å². The van der Waals surface area contributed by atoms with E-state index in [4.69, 9.17) is 5.11 Å². The summed E-state index contributed by atoms with van der Waals surface area (Å²) in [4.78, 5) is 23.3. The van der Waals surface area contributed by atoms with Crippen LogP contribution in [-0.2, 0) is 10.5 Å². The second-order valence-electron chi connectivity index (χ2n) is 4.07. The highest BCUT2D eigenvalue weighted by Gasteiger charge is 2.11. The van der Waals surface area contributed by atoms with Gasteiger partial charge in [0.2, 0.25) is 5.91 Å². The highest BCUT2D eigenvalue weighted by atomic mass is 32.2. The molecule has 0 spiro atoms. The first kappa shape index (κ1) is 14.6. The standard InChI is InChI=1S/C14H13NO3S2/c1-9(16)15-11-2-4-12(5-3-11)20-8-10-6-7-19-13(10)14(17)18/h2-7H,8H2,1H3,(H,15,16)(H,17,18). The van der Waals surface area contributed by atoms with E-state index < -0.39 is 5.97 Å². The molecule has 1 aromatic carbocycles. The van der Waals surface area contributed by atoms with Crippen LogP contribution >= 0.6 is 23.1 Å². The van der Waals surface area contributed by atoms with Crippen LogP contribution in [0.5, 0.6) is 0 Å². The first-order valence-corrected chi connectivity index (χ1v) is 7.73. The zero-order valence-corrected chi connectivity index (χ0v) is 12.4. The Morgan fingerprint density at radius 3 is 2.55 bits per heavy atom. The molecule has 1 aromatic heterocycles. The molecule has 104 valence electrons. The summed E-state index contributed by atoms with van der Waals surface area (Å²) in [6.45, 7) is 1.46. The number of nitrogens with one attached hydrogen (secondary N) is 1. The minimum Gasteiger partial charge on any atom is -0.477 e. The number of carboxylic acid groups (broad SMARTS) is 1. The number of rotatable bonds is 5. The van der Waals surface area contributed by atoms with Gasteiger partial charge in [-0.3, -0.25) is 4.79 Å². The quantitative estimate of drug-likeness (QED) is 0.827. The van der Waals surface area contributed by atoms with Crippen molar-refractivity contribution in [3.63, 3.8) is 0 Å². The Bertz CT molecular complexity index is 620. The third-order valence-electron chi connectivity index (χ3n) is 2.51. The smallest absolute Gasteiger partial charge is 0.346 e. The highest BCUT2D eigenvalue weighted by Crippen LogP contribution is 2.27. The number of hydrogen-bond donors (Lipinski definition) is 2. The van der Waals surface area contributed by atoms with E-state index in [0.29, 0.717) is 10.6 Å². The van der Waals surface area contributed by atoms with Gasteiger partial charge in [0.25, 0.3) is 0 Å². The maximum absolute atomic E-state index is 11.0. The van der Waals surface area contributed by atoms with Crippen molar-refractivity contribution in [3.05, 3.63) is 46.2 Å². The summed E-state index contributed by atoms with van der Waals surface area (Å²) < 4.78 is 0. The van der Waals surface area contributed by atoms with E-state index in [9.17, 15) is 9.59 Å². The maximum atomic E-state index is 11.0. The number of aromatic carboxylic acids is 1. The fraction of sp³-hybridized carbons (Fsp3) is 0.143. The normalized spacial score (nSPS) is 10.2. The van der Waals surface area contributed by atoms with Gasteiger partial charge in [-0.05, 0) is 41.3 Å². The lowest BCUT2D eigenvalue weighted by Crippen LogP contribution is -2.05. The van der Waals surface area contributed by atoms with Crippen molar-refractivity contribution < 1.29 is 14.7 Å². The maximum Gasteiger partial charge on any atom is 0.346 e. The molecule has 20 heavy (non-hydrogen) atoms. The summed E-state index contributed by atoms with van der Waals surface area (Å²) in [6.07, 6.45) is 0. The average molecular weight is 307 g/mol. The summed E-state index contributed by atoms with van der Waals surface area (Å²) in [7, 11) is 0. The Morgan fingerprint density at radius 1 is 1.25 bits per heavy atom. The molecule has 0 fully saturated rings. The van der Waals surface area contributed by atoms with Crippen molar-refractivity contribution >= 4 is 40.7 Å². The third kappa shape index (κ3) is 3.85. The molecule has 0 aliphatic heterocycles. The fourth-order valence-electron chi connectivity index (χ4n) is 1.64. The van der Waals surface area contributed by atoms with Crippen molar-refractivity contribution in [2.75, 3.05) is 5.32 Å². The monoisotopic (exact) mass is 307 g/mol. The number of hydrogen-bond acceptors (Lipinski definition) is 4. The number of amides is 1. The first-order valence-electron chi connectivity index (χ1n) is 5.86. The van der Waals surface area contributed by atoms with Gasteiger partial charge in [0.1, 0.15) is 4.88 Å². The van der Waals surface area contributed by atoms with Gasteiger partial charge in [0.15, 0.2) is 0 Å². The second-order valence-corrected chi connectivity index (χ2v) is 6.04. The van der Waals surface area contributed by atoms with Gasteiger partial charge in [-0.15, -0.1) is 23.1 Å². The summed E-state index contributed by atoms with van der Waals surface area (Å²) in [5.41, 5.74) is 1.59. The molecule has 0 aliphatic carbocycles. The van der Waals surface area contributed by atoms with Crippen molar-refractivity contribution in [1.29, 1.82) is 0 Å². The van der Waals surface area contributed by atoms with E-state index in [0.717, 1.165) is 16.1 Å². The Kier molecular flexibility index (Phi) is 4.81. The minimum atomic E-state index is -0.878. The Labute approximate surface area is 124 Å². The predicted octanol–water partition coefficient (Wildman–Crippen LogP) is 3.70. The number of carbonyl (C=O) groups is 2. The number of carboxylic acids is 1. The molecule has 0 atom stereocenters. The molecular formula is C14H13NO3S2. The number of thiophene rings is 1. The minimum absolute atomic E-state index is 0.102. The molecule has 4 nitrogen and oxygen atoms in total. The molecule has 0 aliphatic rings. The van der Waals surface area contributed by atoms with Crippen molar-refractivity contribution in [1.82, 2.24) is 0 Å². The zero-order chi connectivity index (χ0) is 14.5. The molecule has 1 heterocycles. The van der Waals surface area contributed by atoms with Crippen LogP contribution in [0.3, 0.4) is 0 Å². The predicted molar refractivity (Wildman–Crippen MR) is 81.6 cm³/mol. The lowest BCUT2D eigenvalue weighted by Gasteiger charge is -2.04. The Balaban J connectivity index is 1.98. The molecule has 2 aromatic rings. The van der Waals surface area contributed by atoms with Crippen LogP contribution in [0.15, 0.2) is 40.6 Å². The number of benzene rings is 1. The van der Waals surface area contributed by atoms with Crippen molar-refractivity contribution in [3.8, 4) is 0 Å². The van der Waals surface area contributed by atoms with Crippen LogP contribution in [-0.4, -0.2) is 17.0 Å². The molecule has 2 rings (SSSR count). The van der Waals surface area contributed by atoms with Gasteiger partial charge < -0.3 is 10.4 Å². The summed E-state index contributed by atoms with van der Waals surface area (Å²) in [5, 5.41) is 13.5. The van der Waals surface area contributed by atoms with E-state index in [2.05, 4.69) is 5.32 Å². The number of thioether (sulfide) groups is 1. The molecule has 6 heteroatoms. The van der Waals surface area contributed by atoms with Crippen LogP contribution in [0.4, 0.5) is 5.69 Å². The average Bonchev–Trinajstić information content (AvgIpc) is 2.86. The van der Waals surface area contributed by atoms with Gasteiger partial charge >= 0.3 is 5.97 Å². The van der Waals surface area contributed by atoms with Crippen molar-refractivity contribution in [2.24, 2.45) is 0 Å². The van der Waals surface area contributed by atoms with E-state index >= 15 is 0 Å². The molecule has 2 N–H and O–H groups in total. The van der Waals surface area contributed by atoms with Gasteiger partial charge in [-0.1, -0.05) is 0 Å². The molecular weight excluding hydrogens is 294 g/mol. The molecule has 0 radical (unpaired) electrons. The van der Waals surface area contributed by atoms with Gasteiger partial charge in [-0.2, -0.15) is 0 Å².